The lowest BCUT2D eigenvalue weighted by atomic mass is 9.78. The number of aromatic amines is 1. The molecule has 8 heteroatoms. The number of β-amino-alcohol motifs (C(OH)–C–C–N with tert-alkyl or cyclic N) is 1. The minimum atomic E-state index is -0.523. The van der Waals surface area contributed by atoms with Crippen LogP contribution in [0, 0.1) is 5.41 Å². The van der Waals surface area contributed by atoms with E-state index >= 15 is 0 Å². The van der Waals surface area contributed by atoms with Crippen molar-refractivity contribution >= 4 is 11.8 Å². The SMILES string of the molecule is O=C(Cc1cnc[nH]c1=O)N1CC[C@]2(CCCN(CCO)C2=O)C1. The molecule has 3 heterocycles. The molecule has 0 aromatic carbocycles. The molecule has 3 rings (SSSR count). The quantitative estimate of drug-likeness (QED) is 0.746. The van der Waals surface area contributed by atoms with E-state index in [1.54, 1.807) is 9.80 Å². The fourth-order valence-corrected chi connectivity index (χ4v) is 3.73. The number of piperidine rings is 1. The number of aliphatic hydroxyl groups is 1. The minimum absolute atomic E-state index is 0.00615. The number of hydrogen-bond donors (Lipinski definition) is 2. The van der Waals surface area contributed by atoms with E-state index in [1.165, 1.54) is 12.5 Å². The molecule has 2 aliphatic rings. The molecule has 2 amide bonds. The van der Waals surface area contributed by atoms with Crippen molar-refractivity contribution in [3.8, 4) is 0 Å². The van der Waals surface area contributed by atoms with Gasteiger partial charge in [-0.1, -0.05) is 0 Å². The summed E-state index contributed by atoms with van der Waals surface area (Å²) in [5, 5.41) is 9.10. The van der Waals surface area contributed by atoms with E-state index in [4.69, 9.17) is 5.11 Å². The van der Waals surface area contributed by atoms with Gasteiger partial charge in [0.15, 0.2) is 0 Å². The summed E-state index contributed by atoms with van der Waals surface area (Å²) < 4.78 is 0. The summed E-state index contributed by atoms with van der Waals surface area (Å²) >= 11 is 0. The normalized spacial score (nSPS) is 24.0. The molecule has 2 fully saturated rings. The molecule has 0 unspecified atom stereocenters. The molecule has 0 bridgehead atoms. The largest absolute Gasteiger partial charge is 0.395 e. The van der Waals surface area contributed by atoms with E-state index in [-0.39, 0.29) is 30.4 Å². The molecule has 130 valence electrons. The predicted molar refractivity (Wildman–Crippen MR) is 85.1 cm³/mol. The van der Waals surface area contributed by atoms with Crippen molar-refractivity contribution in [1.29, 1.82) is 0 Å². The molecule has 8 nitrogen and oxygen atoms in total. The second kappa shape index (κ2) is 6.72. The van der Waals surface area contributed by atoms with Gasteiger partial charge in [-0.2, -0.15) is 0 Å². The van der Waals surface area contributed by atoms with Crippen LogP contribution in [0.4, 0.5) is 0 Å². The zero-order valence-corrected chi connectivity index (χ0v) is 13.5. The van der Waals surface area contributed by atoms with E-state index in [2.05, 4.69) is 9.97 Å². The second-order valence-electron chi connectivity index (χ2n) is 6.55. The fourth-order valence-electron chi connectivity index (χ4n) is 3.73. The molecule has 1 aromatic heterocycles. The highest BCUT2D eigenvalue weighted by atomic mass is 16.3. The summed E-state index contributed by atoms with van der Waals surface area (Å²) in [4.78, 5) is 46.6. The van der Waals surface area contributed by atoms with Crippen molar-refractivity contribution < 1.29 is 14.7 Å². The monoisotopic (exact) mass is 334 g/mol. The van der Waals surface area contributed by atoms with Gasteiger partial charge in [0.25, 0.3) is 5.56 Å². The molecular weight excluding hydrogens is 312 g/mol. The van der Waals surface area contributed by atoms with Crippen LogP contribution in [0.3, 0.4) is 0 Å². The number of aliphatic hydroxyl groups excluding tert-OH is 1. The van der Waals surface area contributed by atoms with Crippen LogP contribution in [0.15, 0.2) is 17.3 Å². The van der Waals surface area contributed by atoms with Crippen molar-refractivity contribution in [2.24, 2.45) is 5.41 Å². The van der Waals surface area contributed by atoms with Crippen LogP contribution in [0.25, 0.3) is 0 Å². The van der Waals surface area contributed by atoms with E-state index in [9.17, 15) is 14.4 Å². The number of carbonyl (C=O) groups is 2. The third-order valence-corrected chi connectivity index (χ3v) is 5.03. The summed E-state index contributed by atoms with van der Waals surface area (Å²) in [7, 11) is 0. The van der Waals surface area contributed by atoms with Gasteiger partial charge in [0.1, 0.15) is 0 Å². The zero-order chi connectivity index (χ0) is 17.2. The zero-order valence-electron chi connectivity index (χ0n) is 13.5. The number of hydrogen-bond acceptors (Lipinski definition) is 5. The smallest absolute Gasteiger partial charge is 0.254 e. The van der Waals surface area contributed by atoms with Crippen molar-refractivity contribution in [2.45, 2.75) is 25.7 Å². The average molecular weight is 334 g/mol. The van der Waals surface area contributed by atoms with Crippen LogP contribution in [0.1, 0.15) is 24.8 Å². The van der Waals surface area contributed by atoms with Crippen LogP contribution >= 0.6 is 0 Å². The Balaban J connectivity index is 1.68. The van der Waals surface area contributed by atoms with Crippen molar-refractivity contribution in [2.75, 3.05) is 32.8 Å². The first-order chi connectivity index (χ1) is 11.6. The highest BCUT2D eigenvalue weighted by Crippen LogP contribution is 2.40. The molecule has 2 aliphatic heterocycles. The number of aromatic nitrogens is 2. The predicted octanol–water partition coefficient (Wildman–Crippen LogP) is -0.854. The molecule has 0 aliphatic carbocycles. The lowest BCUT2D eigenvalue weighted by Crippen LogP contribution is -2.51. The standard InChI is InChI=1S/C16H22N4O4/c21-7-6-19-4-1-2-16(15(19)24)3-5-20(10-16)13(22)8-12-9-17-11-18-14(12)23/h9,11,21H,1-8,10H2,(H,17,18,23)/t16-/m1/s1. The molecule has 1 spiro atoms. The first-order valence-corrected chi connectivity index (χ1v) is 8.25. The Morgan fingerprint density at radius 2 is 2.17 bits per heavy atom. The van der Waals surface area contributed by atoms with Crippen molar-refractivity contribution in [3.63, 3.8) is 0 Å². The number of nitrogens with zero attached hydrogens (tertiary/aromatic N) is 3. The Hall–Kier alpha value is -2.22. The molecule has 1 aromatic rings. The van der Waals surface area contributed by atoms with Crippen molar-refractivity contribution in [3.05, 3.63) is 28.4 Å². The highest BCUT2D eigenvalue weighted by molar-refractivity contribution is 5.86. The lowest BCUT2D eigenvalue weighted by molar-refractivity contribution is -0.146. The topological polar surface area (TPSA) is 107 Å². The van der Waals surface area contributed by atoms with E-state index < -0.39 is 5.41 Å². The minimum Gasteiger partial charge on any atom is -0.395 e. The molecule has 2 N–H and O–H groups in total. The maximum absolute atomic E-state index is 12.7. The number of likely N-dealkylation sites (tertiary alicyclic amines) is 2. The average Bonchev–Trinajstić information content (AvgIpc) is 3.00. The number of H-pyrrole nitrogens is 1. The molecular formula is C16H22N4O4. The Labute approximate surface area is 139 Å². The Bertz CT molecular complexity index is 687. The van der Waals surface area contributed by atoms with Gasteiger partial charge in [0.05, 0.1) is 24.8 Å². The summed E-state index contributed by atoms with van der Waals surface area (Å²) in [6.45, 7) is 1.88. The van der Waals surface area contributed by atoms with Crippen LogP contribution in [-0.2, 0) is 16.0 Å². The molecule has 1 atom stereocenters. The van der Waals surface area contributed by atoms with Crippen LogP contribution in [-0.4, -0.2) is 69.5 Å². The number of carbonyl (C=O) groups excluding carboxylic acids is 2. The summed E-state index contributed by atoms with van der Waals surface area (Å²) in [5.41, 5.74) is -0.500. The van der Waals surface area contributed by atoms with Crippen molar-refractivity contribution in [1.82, 2.24) is 19.8 Å². The Morgan fingerprint density at radius 3 is 2.92 bits per heavy atom. The van der Waals surface area contributed by atoms with E-state index in [0.717, 1.165) is 12.8 Å². The van der Waals surface area contributed by atoms with E-state index in [1.807, 2.05) is 0 Å². The van der Waals surface area contributed by atoms with Gasteiger partial charge in [-0.3, -0.25) is 14.4 Å². The van der Waals surface area contributed by atoms with Gasteiger partial charge in [-0.25, -0.2) is 4.98 Å². The van der Waals surface area contributed by atoms with Gasteiger partial charge >= 0.3 is 0 Å². The molecule has 2 saturated heterocycles. The fraction of sp³-hybridized carbons (Fsp3) is 0.625. The number of amides is 2. The lowest BCUT2D eigenvalue weighted by Gasteiger charge is -2.39. The first-order valence-electron chi connectivity index (χ1n) is 8.25. The number of nitrogens with one attached hydrogen (secondary N) is 1. The third kappa shape index (κ3) is 3.06. The first kappa shape index (κ1) is 16.6. The molecule has 0 radical (unpaired) electrons. The van der Waals surface area contributed by atoms with Crippen LogP contribution in [0.5, 0.6) is 0 Å². The van der Waals surface area contributed by atoms with E-state index in [0.29, 0.717) is 38.2 Å². The highest BCUT2D eigenvalue weighted by Gasteiger charge is 2.49. The van der Waals surface area contributed by atoms with Gasteiger partial charge in [0.2, 0.25) is 11.8 Å². The number of rotatable bonds is 4. The van der Waals surface area contributed by atoms with Crippen LogP contribution in [0.2, 0.25) is 0 Å². The third-order valence-electron chi connectivity index (χ3n) is 5.03. The summed E-state index contributed by atoms with van der Waals surface area (Å²) in [5.74, 6) is -0.116. The Morgan fingerprint density at radius 1 is 1.33 bits per heavy atom. The van der Waals surface area contributed by atoms with Gasteiger partial charge in [-0.05, 0) is 19.3 Å². The van der Waals surface area contributed by atoms with Gasteiger partial charge < -0.3 is 19.9 Å². The summed E-state index contributed by atoms with van der Waals surface area (Å²) in [6.07, 6.45) is 4.98. The Kier molecular flexibility index (Phi) is 4.66. The molecule has 24 heavy (non-hydrogen) atoms. The maximum atomic E-state index is 12.7. The van der Waals surface area contributed by atoms with Crippen LogP contribution < -0.4 is 5.56 Å². The van der Waals surface area contributed by atoms with Gasteiger partial charge in [-0.15, -0.1) is 0 Å². The molecule has 0 saturated carbocycles. The second-order valence-corrected chi connectivity index (χ2v) is 6.55. The summed E-state index contributed by atoms with van der Waals surface area (Å²) in [6, 6.07) is 0. The van der Waals surface area contributed by atoms with Gasteiger partial charge in [0, 0.05) is 37.9 Å². The maximum Gasteiger partial charge on any atom is 0.254 e.